The number of hydrogen-bond acceptors (Lipinski definition) is 4. The number of halogens is 1. The van der Waals surface area contributed by atoms with E-state index in [1.807, 2.05) is 32.0 Å². The molecule has 1 saturated heterocycles. The van der Waals surface area contributed by atoms with E-state index in [1.54, 1.807) is 7.05 Å². The fourth-order valence-corrected chi connectivity index (χ4v) is 4.83. The fraction of sp³-hybridized carbons (Fsp3) is 0.381. The molecule has 1 heterocycles. The molecule has 0 aliphatic carbocycles. The Bertz CT molecular complexity index is 1020. The zero-order valence-corrected chi connectivity index (χ0v) is 17.6. The van der Waals surface area contributed by atoms with Crippen molar-refractivity contribution >= 4 is 15.9 Å². The van der Waals surface area contributed by atoms with E-state index in [4.69, 9.17) is 4.74 Å². The Labute approximate surface area is 170 Å². The van der Waals surface area contributed by atoms with Gasteiger partial charge < -0.3 is 9.64 Å². The number of rotatable bonds is 5. The molecule has 156 valence electrons. The van der Waals surface area contributed by atoms with Crippen LogP contribution in [0.3, 0.4) is 0 Å². The number of sulfonamides is 1. The van der Waals surface area contributed by atoms with Gasteiger partial charge in [0.2, 0.25) is 10.0 Å². The first kappa shape index (κ1) is 21.4. The minimum Gasteiger partial charge on any atom is -0.379 e. The van der Waals surface area contributed by atoms with Gasteiger partial charge in [0.05, 0.1) is 13.2 Å². The summed E-state index contributed by atoms with van der Waals surface area (Å²) >= 11 is 0. The van der Waals surface area contributed by atoms with Crippen molar-refractivity contribution in [2.24, 2.45) is 0 Å². The molecule has 0 atom stereocenters. The van der Waals surface area contributed by atoms with Gasteiger partial charge in [-0.15, -0.1) is 0 Å². The molecule has 0 saturated carbocycles. The summed E-state index contributed by atoms with van der Waals surface area (Å²) in [7, 11) is -2.40. The quantitative estimate of drug-likeness (QED) is 0.746. The maximum atomic E-state index is 14.4. The van der Waals surface area contributed by atoms with Crippen molar-refractivity contribution in [2.75, 3.05) is 33.4 Å². The highest BCUT2D eigenvalue weighted by atomic mass is 32.2. The first-order valence-corrected chi connectivity index (χ1v) is 10.8. The Kier molecular flexibility index (Phi) is 6.36. The van der Waals surface area contributed by atoms with Gasteiger partial charge in [-0.1, -0.05) is 23.8 Å². The van der Waals surface area contributed by atoms with E-state index < -0.39 is 20.7 Å². The number of aryl methyl sites for hydroxylation is 2. The molecule has 1 aliphatic heterocycles. The maximum absolute atomic E-state index is 14.4. The Morgan fingerprint density at radius 2 is 1.83 bits per heavy atom. The molecule has 0 spiro atoms. The molecule has 8 heteroatoms. The van der Waals surface area contributed by atoms with Gasteiger partial charge >= 0.3 is 0 Å². The molecule has 1 amide bonds. The number of amides is 1. The first-order chi connectivity index (χ1) is 13.7. The molecule has 2 aromatic carbocycles. The SMILES string of the molecule is Cc1ccc(CN(C)C(=O)c2ccc(F)c(S(=O)(=O)N3CCOCC3)c2)c(C)c1. The van der Waals surface area contributed by atoms with E-state index in [9.17, 15) is 17.6 Å². The van der Waals surface area contributed by atoms with Crippen molar-refractivity contribution in [3.63, 3.8) is 0 Å². The van der Waals surface area contributed by atoms with Gasteiger partial charge in [0.25, 0.3) is 5.91 Å². The summed E-state index contributed by atoms with van der Waals surface area (Å²) in [5.41, 5.74) is 3.33. The molecule has 6 nitrogen and oxygen atoms in total. The average molecular weight is 421 g/mol. The lowest BCUT2D eigenvalue weighted by Gasteiger charge is -2.26. The summed E-state index contributed by atoms with van der Waals surface area (Å²) in [5, 5.41) is 0. The second-order valence-electron chi connectivity index (χ2n) is 7.25. The van der Waals surface area contributed by atoms with Crippen LogP contribution in [0.1, 0.15) is 27.0 Å². The molecule has 1 fully saturated rings. The van der Waals surface area contributed by atoms with Crippen LogP contribution in [0.25, 0.3) is 0 Å². The minimum absolute atomic E-state index is 0.130. The van der Waals surface area contributed by atoms with E-state index in [-0.39, 0.29) is 37.8 Å². The van der Waals surface area contributed by atoms with Crippen molar-refractivity contribution in [3.8, 4) is 0 Å². The van der Waals surface area contributed by atoms with E-state index in [0.29, 0.717) is 6.54 Å². The lowest BCUT2D eigenvalue weighted by atomic mass is 10.1. The number of nitrogens with zero attached hydrogens (tertiary/aromatic N) is 2. The van der Waals surface area contributed by atoms with Gasteiger partial charge in [-0.05, 0) is 43.2 Å². The topological polar surface area (TPSA) is 66.9 Å². The van der Waals surface area contributed by atoms with Gasteiger partial charge in [0.1, 0.15) is 10.7 Å². The van der Waals surface area contributed by atoms with Gasteiger partial charge in [-0.3, -0.25) is 4.79 Å². The van der Waals surface area contributed by atoms with Crippen LogP contribution >= 0.6 is 0 Å². The van der Waals surface area contributed by atoms with Crippen molar-refractivity contribution in [3.05, 3.63) is 64.5 Å². The highest BCUT2D eigenvalue weighted by Gasteiger charge is 2.30. The van der Waals surface area contributed by atoms with Crippen LogP contribution in [0.15, 0.2) is 41.3 Å². The molecular formula is C21H25FN2O4S. The predicted octanol–water partition coefficient (Wildman–Crippen LogP) is 2.74. The van der Waals surface area contributed by atoms with Crippen LogP contribution in [0, 0.1) is 19.7 Å². The monoisotopic (exact) mass is 420 g/mol. The number of carbonyl (C=O) groups is 1. The summed E-state index contributed by atoms with van der Waals surface area (Å²) in [6.07, 6.45) is 0. The second kappa shape index (κ2) is 8.61. The molecule has 1 aliphatic rings. The van der Waals surface area contributed by atoms with Crippen LogP contribution in [0.4, 0.5) is 4.39 Å². The van der Waals surface area contributed by atoms with Gasteiger partial charge in [-0.25, -0.2) is 12.8 Å². The van der Waals surface area contributed by atoms with Crippen LogP contribution < -0.4 is 0 Å². The Morgan fingerprint density at radius 1 is 1.14 bits per heavy atom. The van der Waals surface area contributed by atoms with E-state index >= 15 is 0 Å². The van der Waals surface area contributed by atoms with E-state index in [2.05, 4.69) is 0 Å². The van der Waals surface area contributed by atoms with Crippen LogP contribution in [-0.2, 0) is 21.3 Å². The summed E-state index contributed by atoms with van der Waals surface area (Å²) < 4.78 is 46.4. The lowest BCUT2D eigenvalue weighted by molar-refractivity contribution is 0.0729. The Hall–Kier alpha value is -2.29. The molecule has 0 aromatic heterocycles. The highest BCUT2D eigenvalue weighted by molar-refractivity contribution is 7.89. The standard InChI is InChI=1S/C21H25FN2O4S/c1-15-4-5-18(16(2)12-15)14-23(3)21(25)17-6-7-19(22)20(13-17)29(26,27)24-8-10-28-11-9-24/h4-7,12-13H,8-11,14H2,1-3H3. The molecule has 3 rings (SSSR count). The third-order valence-electron chi connectivity index (χ3n) is 5.02. The van der Waals surface area contributed by atoms with E-state index in [0.717, 1.165) is 28.8 Å². The van der Waals surface area contributed by atoms with Crippen LogP contribution in [0.5, 0.6) is 0 Å². The highest BCUT2D eigenvalue weighted by Crippen LogP contribution is 2.23. The molecule has 2 aromatic rings. The normalized spacial score (nSPS) is 15.3. The van der Waals surface area contributed by atoms with E-state index in [1.165, 1.54) is 15.3 Å². The maximum Gasteiger partial charge on any atom is 0.253 e. The zero-order chi connectivity index (χ0) is 21.2. The molecule has 0 unspecified atom stereocenters. The Balaban J connectivity index is 1.85. The number of carbonyl (C=O) groups excluding carboxylic acids is 1. The summed E-state index contributed by atoms with van der Waals surface area (Å²) in [6, 6.07) is 9.46. The summed E-state index contributed by atoms with van der Waals surface area (Å²) in [5.74, 6) is -1.24. The largest absolute Gasteiger partial charge is 0.379 e. The lowest BCUT2D eigenvalue weighted by Crippen LogP contribution is -2.41. The number of ether oxygens (including phenoxy) is 1. The number of benzene rings is 2. The predicted molar refractivity (Wildman–Crippen MR) is 108 cm³/mol. The summed E-state index contributed by atoms with van der Waals surface area (Å²) in [6.45, 7) is 5.19. The first-order valence-electron chi connectivity index (χ1n) is 9.39. The van der Waals surface area contributed by atoms with Gasteiger partial charge in [0.15, 0.2) is 0 Å². The van der Waals surface area contributed by atoms with Crippen molar-refractivity contribution in [1.82, 2.24) is 9.21 Å². The van der Waals surface area contributed by atoms with Crippen molar-refractivity contribution in [2.45, 2.75) is 25.3 Å². The minimum atomic E-state index is -4.04. The van der Waals surface area contributed by atoms with Gasteiger partial charge in [0, 0.05) is 32.2 Å². The third kappa shape index (κ3) is 4.66. The third-order valence-corrected chi connectivity index (χ3v) is 6.93. The van der Waals surface area contributed by atoms with Crippen LogP contribution in [0.2, 0.25) is 0 Å². The Morgan fingerprint density at radius 3 is 2.48 bits per heavy atom. The molecule has 0 radical (unpaired) electrons. The number of morpholine rings is 1. The van der Waals surface area contributed by atoms with Crippen molar-refractivity contribution < 1.29 is 22.3 Å². The molecule has 29 heavy (non-hydrogen) atoms. The summed E-state index contributed by atoms with van der Waals surface area (Å²) in [4.78, 5) is 13.9. The average Bonchev–Trinajstić information content (AvgIpc) is 2.70. The van der Waals surface area contributed by atoms with Gasteiger partial charge in [-0.2, -0.15) is 4.31 Å². The molecular weight excluding hydrogens is 395 g/mol. The molecule has 0 N–H and O–H groups in total. The number of hydrogen-bond donors (Lipinski definition) is 0. The fourth-order valence-electron chi connectivity index (χ4n) is 3.33. The van der Waals surface area contributed by atoms with Crippen molar-refractivity contribution in [1.29, 1.82) is 0 Å². The molecule has 0 bridgehead atoms. The zero-order valence-electron chi connectivity index (χ0n) is 16.8. The van der Waals surface area contributed by atoms with Crippen LogP contribution in [-0.4, -0.2) is 56.9 Å². The second-order valence-corrected chi connectivity index (χ2v) is 9.16. The smallest absolute Gasteiger partial charge is 0.253 e.